The highest BCUT2D eigenvalue weighted by Gasteiger charge is 2.04. The van der Waals surface area contributed by atoms with Crippen molar-refractivity contribution in [1.82, 2.24) is 24.2 Å². The number of anilines is 1. The maximum absolute atomic E-state index is 10.8. The molecule has 9 heteroatoms. The summed E-state index contributed by atoms with van der Waals surface area (Å²) >= 11 is 0. The number of imidazole rings is 1. The van der Waals surface area contributed by atoms with Crippen LogP contribution in [0.25, 0.3) is 11.2 Å². The third kappa shape index (κ3) is 3.14. The van der Waals surface area contributed by atoms with E-state index in [1.165, 1.54) is 0 Å². The van der Waals surface area contributed by atoms with Crippen molar-refractivity contribution in [2.45, 2.75) is 0 Å². The van der Waals surface area contributed by atoms with E-state index >= 15 is 0 Å². The van der Waals surface area contributed by atoms with Crippen LogP contribution in [-0.2, 0) is 17.1 Å². The van der Waals surface area contributed by atoms with Gasteiger partial charge in [0.1, 0.15) is 5.52 Å². The standard InChI is InChI=1S/C9H14N6O2S/c1-15-6-12-8-7(15)5-11-9(14-8)10-3-4-13-18(2,16)17/h5-6,13H,3-4H2,1-2H3,(H,10,11,14). The van der Waals surface area contributed by atoms with Gasteiger partial charge < -0.3 is 9.88 Å². The number of fused-ring (bicyclic) bond motifs is 1. The minimum absolute atomic E-state index is 0.280. The molecule has 0 radical (unpaired) electrons. The first-order valence-electron chi connectivity index (χ1n) is 5.28. The van der Waals surface area contributed by atoms with Crippen LogP contribution in [0.2, 0.25) is 0 Å². The fourth-order valence-corrected chi connectivity index (χ4v) is 1.88. The van der Waals surface area contributed by atoms with Crippen molar-refractivity contribution < 1.29 is 8.42 Å². The van der Waals surface area contributed by atoms with Crippen LogP contribution < -0.4 is 10.0 Å². The molecule has 0 spiro atoms. The lowest BCUT2D eigenvalue weighted by Crippen LogP contribution is -2.27. The fourth-order valence-electron chi connectivity index (χ4n) is 1.41. The first-order valence-corrected chi connectivity index (χ1v) is 7.17. The average Bonchev–Trinajstić information content (AvgIpc) is 2.65. The van der Waals surface area contributed by atoms with Crippen molar-refractivity contribution in [3.63, 3.8) is 0 Å². The van der Waals surface area contributed by atoms with Crippen molar-refractivity contribution in [1.29, 1.82) is 0 Å². The molecule has 98 valence electrons. The summed E-state index contributed by atoms with van der Waals surface area (Å²) in [5, 5.41) is 2.92. The van der Waals surface area contributed by atoms with E-state index in [0.717, 1.165) is 11.8 Å². The average molecular weight is 270 g/mol. The van der Waals surface area contributed by atoms with Crippen LogP contribution in [0.1, 0.15) is 0 Å². The lowest BCUT2D eigenvalue weighted by atomic mass is 10.5. The molecule has 0 aliphatic rings. The number of nitrogens with one attached hydrogen (secondary N) is 2. The smallest absolute Gasteiger partial charge is 0.224 e. The van der Waals surface area contributed by atoms with Crippen molar-refractivity contribution in [3.05, 3.63) is 12.5 Å². The number of sulfonamides is 1. The van der Waals surface area contributed by atoms with Crippen LogP contribution in [0.15, 0.2) is 12.5 Å². The molecule has 0 aliphatic carbocycles. The van der Waals surface area contributed by atoms with E-state index in [0.29, 0.717) is 18.1 Å². The molecule has 18 heavy (non-hydrogen) atoms. The van der Waals surface area contributed by atoms with Gasteiger partial charge in [-0.3, -0.25) is 0 Å². The third-order valence-electron chi connectivity index (χ3n) is 2.26. The number of hydrogen-bond donors (Lipinski definition) is 2. The molecule has 0 saturated carbocycles. The Morgan fingerprint density at radius 3 is 2.83 bits per heavy atom. The second kappa shape index (κ2) is 4.86. The Kier molecular flexibility index (Phi) is 3.43. The molecule has 8 nitrogen and oxygen atoms in total. The molecular formula is C9H14N6O2S. The first-order chi connectivity index (χ1) is 8.46. The normalized spacial score (nSPS) is 11.9. The predicted octanol–water partition coefficient (Wildman–Crippen LogP) is -0.676. The Morgan fingerprint density at radius 1 is 1.33 bits per heavy atom. The second-order valence-corrected chi connectivity index (χ2v) is 5.68. The summed E-state index contributed by atoms with van der Waals surface area (Å²) in [6.07, 6.45) is 4.44. The van der Waals surface area contributed by atoms with Gasteiger partial charge in [0, 0.05) is 20.1 Å². The van der Waals surface area contributed by atoms with E-state index < -0.39 is 10.0 Å². The van der Waals surface area contributed by atoms with Crippen molar-refractivity contribution in [2.24, 2.45) is 7.05 Å². The zero-order valence-corrected chi connectivity index (χ0v) is 10.9. The van der Waals surface area contributed by atoms with Gasteiger partial charge in [-0.1, -0.05) is 0 Å². The van der Waals surface area contributed by atoms with Crippen LogP contribution in [0.3, 0.4) is 0 Å². The van der Waals surface area contributed by atoms with Crippen LogP contribution in [0.4, 0.5) is 5.95 Å². The van der Waals surface area contributed by atoms with E-state index in [9.17, 15) is 8.42 Å². The van der Waals surface area contributed by atoms with E-state index in [4.69, 9.17) is 0 Å². The van der Waals surface area contributed by atoms with Crippen LogP contribution >= 0.6 is 0 Å². The number of aromatic nitrogens is 4. The van der Waals surface area contributed by atoms with Gasteiger partial charge in [-0.25, -0.2) is 23.1 Å². The SMILES string of the molecule is Cn1cnc2nc(NCCNS(C)(=O)=O)ncc21. The summed E-state index contributed by atoms with van der Waals surface area (Å²) in [6, 6.07) is 0. The van der Waals surface area contributed by atoms with Gasteiger partial charge in [0.15, 0.2) is 5.65 Å². The van der Waals surface area contributed by atoms with Crippen molar-refractivity contribution >= 4 is 27.1 Å². The highest BCUT2D eigenvalue weighted by Crippen LogP contribution is 2.09. The number of rotatable bonds is 5. The Balaban J connectivity index is 1.96. The zero-order chi connectivity index (χ0) is 13.2. The summed E-state index contributed by atoms with van der Waals surface area (Å²) < 4.78 is 25.9. The van der Waals surface area contributed by atoms with Gasteiger partial charge in [0.25, 0.3) is 0 Å². The lowest BCUT2D eigenvalue weighted by Gasteiger charge is -2.04. The molecule has 0 unspecified atom stereocenters. The second-order valence-electron chi connectivity index (χ2n) is 3.85. The lowest BCUT2D eigenvalue weighted by molar-refractivity contribution is 0.589. The molecule has 0 saturated heterocycles. The summed E-state index contributed by atoms with van der Waals surface area (Å²) in [4.78, 5) is 12.4. The topological polar surface area (TPSA) is 102 Å². The van der Waals surface area contributed by atoms with Gasteiger partial charge in [-0.2, -0.15) is 4.98 Å². The molecule has 0 amide bonds. The molecule has 2 aromatic heterocycles. The predicted molar refractivity (Wildman–Crippen MR) is 67.6 cm³/mol. The molecule has 2 heterocycles. The Labute approximate surface area is 105 Å². The molecule has 0 aromatic carbocycles. The molecule has 0 fully saturated rings. The largest absolute Gasteiger partial charge is 0.353 e. The molecule has 0 aliphatic heterocycles. The number of aryl methyl sites for hydroxylation is 1. The van der Waals surface area contributed by atoms with Gasteiger partial charge >= 0.3 is 0 Å². The Bertz CT molecular complexity index is 650. The zero-order valence-electron chi connectivity index (χ0n) is 10.1. The number of hydrogen-bond acceptors (Lipinski definition) is 6. The quantitative estimate of drug-likeness (QED) is 0.698. The minimum Gasteiger partial charge on any atom is -0.353 e. The van der Waals surface area contributed by atoms with E-state index in [1.807, 2.05) is 11.6 Å². The minimum atomic E-state index is -3.16. The molecule has 0 bridgehead atoms. The number of nitrogens with zero attached hydrogens (tertiary/aromatic N) is 4. The van der Waals surface area contributed by atoms with Crippen LogP contribution in [0, 0.1) is 0 Å². The van der Waals surface area contributed by atoms with E-state index in [1.54, 1.807) is 12.5 Å². The maximum atomic E-state index is 10.8. The molecule has 2 rings (SSSR count). The Morgan fingerprint density at radius 2 is 2.11 bits per heavy atom. The van der Waals surface area contributed by atoms with Crippen LogP contribution in [0.5, 0.6) is 0 Å². The van der Waals surface area contributed by atoms with Gasteiger partial charge in [0.2, 0.25) is 16.0 Å². The van der Waals surface area contributed by atoms with E-state index in [-0.39, 0.29) is 6.54 Å². The van der Waals surface area contributed by atoms with Crippen LogP contribution in [-0.4, -0.2) is 47.3 Å². The third-order valence-corrected chi connectivity index (χ3v) is 2.98. The van der Waals surface area contributed by atoms with E-state index in [2.05, 4.69) is 25.0 Å². The summed E-state index contributed by atoms with van der Waals surface area (Å²) in [5.41, 5.74) is 1.45. The van der Waals surface area contributed by atoms with Gasteiger partial charge in [-0.05, 0) is 0 Å². The first kappa shape index (κ1) is 12.7. The molecule has 0 atom stereocenters. The molecule has 2 N–H and O–H groups in total. The van der Waals surface area contributed by atoms with Gasteiger partial charge in [0.05, 0.1) is 18.8 Å². The van der Waals surface area contributed by atoms with Crippen molar-refractivity contribution in [3.8, 4) is 0 Å². The monoisotopic (exact) mass is 270 g/mol. The summed E-state index contributed by atoms with van der Waals surface area (Å²) in [6.45, 7) is 0.688. The van der Waals surface area contributed by atoms with Gasteiger partial charge in [-0.15, -0.1) is 0 Å². The highest BCUT2D eigenvalue weighted by atomic mass is 32.2. The highest BCUT2D eigenvalue weighted by molar-refractivity contribution is 7.88. The molecule has 2 aromatic rings. The maximum Gasteiger partial charge on any atom is 0.224 e. The molecular weight excluding hydrogens is 256 g/mol. The Hall–Kier alpha value is -1.74. The summed E-state index contributed by atoms with van der Waals surface area (Å²) in [7, 11) is -1.29. The fraction of sp³-hybridized carbons (Fsp3) is 0.444. The van der Waals surface area contributed by atoms with Crippen molar-refractivity contribution in [2.75, 3.05) is 24.7 Å². The summed E-state index contributed by atoms with van der Waals surface area (Å²) in [5.74, 6) is 0.427.